The summed E-state index contributed by atoms with van der Waals surface area (Å²) in [6.07, 6.45) is 0. The molecule has 0 unspecified atom stereocenters. The van der Waals surface area contributed by atoms with Crippen LogP contribution in [0, 0.1) is 22.7 Å². The first-order valence-corrected chi connectivity index (χ1v) is 5.21. The zero-order valence-corrected chi connectivity index (χ0v) is 9.42. The van der Waals surface area contributed by atoms with E-state index in [-0.39, 0.29) is 5.56 Å². The Labute approximate surface area is 104 Å². The van der Waals surface area contributed by atoms with E-state index in [2.05, 4.69) is 0 Å². The highest BCUT2D eigenvalue weighted by Crippen LogP contribution is 2.27. The van der Waals surface area contributed by atoms with Gasteiger partial charge in [0, 0.05) is 5.69 Å². The third-order valence-electron chi connectivity index (χ3n) is 2.37. The Morgan fingerprint density at radius 1 is 0.944 bits per heavy atom. The van der Waals surface area contributed by atoms with Gasteiger partial charge in [-0.05, 0) is 36.4 Å². The van der Waals surface area contributed by atoms with E-state index in [0.717, 1.165) is 0 Å². The lowest BCUT2D eigenvalue weighted by atomic mass is 10.1. The fraction of sp³-hybridized carbons (Fsp3) is 0. The Morgan fingerprint density at radius 2 is 1.67 bits per heavy atom. The number of nitrogens with zero attached hydrogens (tertiary/aromatic N) is 2. The van der Waals surface area contributed by atoms with Crippen LogP contribution in [0.15, 0.2) is 42.5 Å². The lowest BCUT2D eigenvalue weighted by Gasteiger charge is -2.08. The highest BCUT2D eigenvalue weighted by molar-refractivity contribution is 5.55. The lowest BCUT2D eigenvalue weighted by molar-refractivity contribution is 0.481. The average Bonchev–Trinajstić information content (AvgIpc) is 2.41. The van der Waals surface area contributed by atoms with E-state index in [4.69, 9.17) is 21.0 Å². The number of nitriles is 2. The molecule has 0 aliphatic heterocycles. The van der Waals surface area contributed by atoms with Crippen LogP contribution in [-0.4, -0.2) is 0 Å². The quantitative estimate of drug-likeness (QED) is 0.811. The van der Waals surface area contributed by atoms with E-state index in [1.807, 2.05) is 12.1 Å². The Bertz CT molecular complexity index is 648. The summed E-state index contributed by atoms with van der Waals surface area (Å²) >= 11 is 0. The summed E-state index contributed by atoms with van der Waals surface area (Å²) in [7, 11) is 0. The fourth-order valence-electron chi connectivity index (χ4n) is 1.49. The minimum atomic E-state index is 0.233. The molecule has 18 heavy (non-hydrogen) atoms. The minimum Gasteiger partial charge on any atom is -0.456 e. The molecule has 0 atom stereocenters. The summed E-state index contributed by atoms with van der Waals surface area (Å²) in [6, 6.07) is 15.6. The number of nitrogens with two attached hydrogens (primary N) is 1. The predicted molar refractivity (Wildman–Crippen MR) is 66.8 cm³/mol. The molecule has 86 valence electrons. The molecule has 0 amide bonds. The Morgan fingerprint density at radius 3 is 2.28 bits per heavy atom. The molecular weight excluding hydrogens is 226 g/mol. The first-order chi connectivity index (χ1) is 8.74. The van der Waals surface area contributed by atoms with Gasteiger partial charge in [0.25, 0.3) is 0 Å². The van der Waals surface area contributed by atoms with Gasteiger partial charge < -0.3 is 10.5 Å². The summed E-state index contributed by atoms with van der Waals surface area (Å²) < 4.78 is 5.57. The maximum atomic E-state index is 9.05. The minimum absolute atomic E-state index is 0.233. The van der Waals surface area contributed by atoms with Crippen molar-refractivity contribution in [1.82, 2.24) is 0 Å². The number of benzene rings is 2. The second-order valence-corrected chi connectivity index (χ2v) is 3.57. The number of rotatable bonds is 2. The van der Waals surface area contributed by atoms with Gasteiger partial charge in [-0.1, -0.05) is 6.07 Å². The van der Waals surface area contributed by atoms with Crippen molar-refractivity contribution in [3.63, 3.8) is 0 Å². The number of hydrogen-bond donors (Lipinski definition) is 1. The average molecular weight is 235 g/mol. The molecule has 2 rings (SSSR count). The Balaban J connectivity index is 2.38. The second kappa shape index (κ2) is 4.90. The Kier molecular flexibility index (Phi) is 3.13. The van der Waals surface area contributed by atoms with Crippen molar-refractivity contribution >= 4 is 5.69 Å². The molecule has 0 spiro atoms. The topological polar surface area (TPSA) is 82.8 Å². The van der Waals surface area contributed by atoms with Crippen molar-refractivity contribution in [1.29, 1.82) is 10.5 Å². The van der Waals surface area contributed by atoms with Crippen molar-refractivity contribution in [3.05, 3.63) is 53.6 Å². The van der Waals surface area contributed by atoms with Crippen LogP contribution in [-0.2, 0) is 0 Å². The molecule has 0 saturated heterocycles. The summed E-state index contributed by atoms with van der Waals surface area (Å²) in [5, 5.41) is 18.0. The van der Waals surface area contributed by atoms with Crippen LogP contribution >= 0.6 is 0 Å². The van der Waals surface area contributed by atoms with E-state index in [9.17, 15) is 0 Å². The second-order valence-electron chi connectivity index (χ2n) is 3.57. The molecule has 2 aromatic rings. The highest BCUT2D eigenvalue weighted by atomic mass is 16.5. The van der Waals surface area contributed by atoms with Gasteiger partial charge in [-0.2, -0.15) is 10.5 Å². The van der Waals surface area contributed by atoms with Crippen molar-refractivity contribution < 1.29 is 4.74 Å². The predicted octanol–water partition coefficient (Wildman–Crippen LogP) is 2.80. The van der Waals surface area contributed by atoms with E-state index in [0.29, 0.717) is 22.7 Å². The molecule has 4 nitrogen and oxygen atoms in total. The van der Waals surface area contributed by atoms with Gasteiger partial charge in [0.15, 0.2) is 0 Å². The van der Waals surface area contributed by atoms with Crippen molar-refractivity contribution in [2.24, 2.45) is 0 Å². The maximum Gasteiger partial charge on any atom is 0.146 e. The summed E-state index contributed by atoms with van der Waals surface area (Å²) in [5.74, 6) is 0.928. The first kappa shape index (κ1) is 11.5. The molecule has 2 N–H and O–H groups in total. The molecular formula is C14H9N3O. The molecule has 0 radical (unpaired) electrons. The normalized spacial score (nSPS) is 9.22. The van der Waals surface area contributed by atoms with Crippen molar-refractivity contribution in [2.75, 3.05) is 5.73 Å². The van der Waals surface area contributed by atoms with Gasteiger partial charge in [-0.3, -0.25) is 0 Å². The number of anilines is 1. The van der Waals surface area contributed by atoms with E-state index >= 15 is 0 Å². The van der Waals surface area contributed by atoms with Crippen LogP contribution in [0.5, 0.6) is 11.5 Å². The molecule has 0 heterocycles. The van der Waals surface area contributed by atoms with Gasteiger partial charge in [-0.25, -0.2) is 0 Å². The van der Waals surface area contributed by atoms with Crippen LogP contribution in [0.3, 0.4) is 0 Å². The summed E-state index contributed by atoms with van der Waals surface area (Å²) in [5.41, 5.74) is 6.73. The fourth-order valence-corrected chi connectivity index (χ4v) is 1.49. The molecule has 0 fully saturated rings. The number of nitrogen functional groups attached to an aromatic ring is 1. The highest BCUT2D eigenvalue weighted by Gasteiger charge is 2.09. The van der Waals surface area contributed by atoms with Crippen molar-refractivity contribution in [3.8, 4) is 23.6 Å². The standard InChI is InChI=1S/C14H9N3O/c15-8-10-2-1-3-14(13(10)9-16)18-12-6-4-11(17)5-7-12/h1-7H,17H2/i18+0. The zero-order valence-electron chi connectivity index (χ0n) is 9.42. The zero-order chi connectivity index (χ0) is 13.0. The number of hydrogen-bond acceptors (Lipinski definition) is 4. The number of ether oxygens (including phenoxy) is 1. The molecule has 2 aromatic carbocycles. The maximum absolute atomic E-state index is 9.05. The van der Waals surface area contributed by atoms with E-state index in [1.165, 1.54) is 0 Å². The molecule has 0 aromatic heterocycles. The molecule has 0 saturated carbocycles. The largest absolute Gasteiger partial charge is 0.456 e. The Hall–Kier alpha value is -2.98. The third-order valence-corrected chi connectivity index (χ3v) is 2.37. The SMILES string of the molecule is N#Cc1cccc([16O]c2ccc(N)cc2)c1C#N. The third kappa shape index (κ3) is 2.23. The molecule has 0 aliphatic carbocycles. The van der Waals surface area contributed by atoms with Gasteiger partial charge in [0.1, 0.15) is 29.2 Å². The van der Waals surface area contributed by atoms with Crippen LogP contribution in [0.25, 0.3) is 0 Å². The van der Waals surface area contributed by atoms with E-state index in [1.54, 1.807) is 42.5 Å². The summed E-state index contributed by atoms with van der Waals surface area (Å²) in [6.45, 7) is 0. The monoisotopic (exact) mass is 235 g/mol. The van der Waals surface area contributed by atoms with Crippen molar-refractivity contribution in [2.45, 2.75) is 0 Å². The molecule has 0 bridgehead atoms. The van der Waals surface area contributed by atoms with Crippen LogP contribution < -0.4 is 10.5 Å². The van der Waals surface area contributed by atoms with Gasteiger partial charge in [0.05, 0.1) is 5.56 Å². The van der Waals surface area contributed by atoms with Gasteiger partial charge >= 0.3 is 0 Å². The molecule has 0 aliphatic rings. The lowest BCUT2D eigenvalue weighted by Crippen LogP contribution is -1.92. The summed E-state index contributed by atoms with van der Waals surface area (Å²) in [4.78, 5) is 0. The molecule has 4 heteroatoms. The van der Waals surface area contributed by atoms with Crippen LogP contribution in [0.4, 0.5) is 5.69 Å². The van der Waals surface area contributed by atoms with E-state index < -0.39 is 0 Å². The smallest absolute Gasteiger partial charge is 0.146 e. The van der Waals surface area contributed by atoms with Crippen LogP contribution in [0.2, 0.25) is 0 Å². The first-order valence-electron chi connectivity index (χ1n) is 5.21. The van der Waals surface area contributed by atoms with Gasteiger partial charge in [-0.15, -0.1) is 0 Å². The van der Waals surface area contributed by atoms with Gasteiger partial charge in [0.2, 0.25) is 0 Å². The van der Waals surface area contributed by atoms with Crippen LogP contribution in [0.1, 0.15) is 11.1 Å².